The van der Waals surface area contributed by atoms with Crippen LogP contribution in [0.3, 0.4) is 0 Å². The van der Waals surface area contributed by atoms with Gasteiger partial charge >= 0.3 is 0 Å². The summed E-state index contributed by atoms with van der Waals surface area (Å²) in [6.07, 6.45) is 4.21. The van der Waals surface area contributed by atoms with Crippen LogP contribution in [-0.2, 0) is 7.05 Å². The number of imidazole rings is 1. The van der Waals surface area contributed by atoms with Gasteiger partial charge in [0.15, 0.2) is 5.82 Å². The Morgan fingerprint density at radius 2 is 2.04 bits per heavy atom. The van der Waals surface area contributed by atoms with Crippen molar-refractivity contribution in [3.05, 3.63) is 29.8 Å². The predicted molar refractivity (Wildman–Crippen MR) is 93.2 cm³/mol. The van der Waals surface area contributed by atoms with E-state index in [0.717, 1.165) is 41.6 Å². The lowest BCUT2D eigenvalue weighted by Gasteiger charge is -2.20. The molecule has 1 fully saturated rings. The number of piperidine rings is 1. The molecule has 0 saturated carbocycles. The second-order valence-electron chi connectivity index (χ2n) is 6.34. The molecule has 1 aliphatic rings. The van der Waals surface area contributed by atoms with Gasteiger partial charge in [-0.05, 0) is 38.1 Å². The van der Waals surface area contributed by atoms with Crippen molar-refractivity contribution < 1.29 is 4.39 Å². The smallest absolute Gasteiger partial charge is 0.212 e. The number of nitrogens with one attached hydrogen (secondary N) is 1. The average molecular weight is 357 g/mol. The lowest BCUT2D eigenvalue weighted by molar-refractivity contribution is 0.454. The summed E-state index contributed by atoms with van der Waals surface area (Å²) in [5.41, 5.74) is 2.60. The van der Waals surface area contributed by atoms with E-state index in [2.05, 4.69) is 20.6 Å². The van der Waals surface area contributed by atoms with E-state index >= 15 is 0 Å². The molecule has 0 amide bonds. The van der Waals surface area contributed by atoms with Crippen molar-refractivity contribution in [1.29, 1.82) is 0 Å². The largest absolute Gasteiger partial charge is 0.317 e. The lowest BCUT2D eigenvalue weighted by Crippen LogP contribution is -2.26. The normalized spacial score (nSPS) is 16.2. The van der Waals surface area contributed by atoms with E-state index in [0.29, 0.717) is 17.0 Å². The molecule has 0 bridgehead atoms. The fourth-order valence-corrected chi connectivity index (χ4v) is 4.23. The minimum atomic E-state index is -0.385. The van der Waals surface area contributed by atoms with Crippen molar-refractivity contribution in [2.75, 3.05) is 13.1 Å². The monoisotopic (exact) mass is 357 g/mol. The first-order valence-corrected chi connectivity index (χ1v) is 9.07. The first kappa shape index (κ1) is 14.9. The first-order chi connectivity index (χ1) is 12.2. The van der Waals surface area contributed by atoms with Gasteiger partial charge in [-0.3, -0.25) is 0 Å². The highest BCUT2D eigenvalue weighted by atomic mass is 32.1. The third-order valence-corrected chi connectivity index (χ3v) is 5.58. The van der Waals surface area contributed by atoms with E-state index in [1.54, 1.807) is 11.6 Å². The summed E-state index contributed by atoms with van der Waals surface area (Å²) in [6.45, 7) is 2.07. The number of aryl methyl sites for hydroxylation is 1. The number of nitrogens with zero attached hydrogens (tertiary/aromatic N) is 6. The van der Waals surface area contributed by atoms with Gasteiger partial charge in [0.1, 0.15) is 16.0 Å². The molecule has 25 heavy (non-hydrogen) atoms. The standard InChI is InChI=1S/C16H16FN7S/c1-23-20-12-7-10(6-11(17)14(12)21-23)15-22-24-8-13(19-16(24)25-15)9-2-4-18-5-3-9/h6-9,18H,2-5H2,1H3. The summed E-state index contributed by atoms with van der Waals surface area (Å²) >= 11 is 1.46. The van der Waals surface area contributed by atoms with E-state index in [1.165, 1.54) is 22.2 Å². The Labute approximate surface area is 146 Å². The molecule has 0 atom stereocenters. The van der Waals surface area contributed by atoms with Crippen molar-refractivity contribution in [2.24, 2.45) is 7.05 Å². The molecule has 7 nitrogen and oxygen atoms in total. The second kappa shape index (κ2) is 5.57. The maximum absolute atomic E-state index is 14.3. The fourth-order valence-electron chi connectivity index (χ4n) is 3.35. The summed E-state index contributed by atoms with van der Waals surface area (Å²) in [5.74, 6) is 0.107. The van der Waals surface area contributed by atoms with E-state index in [4.69, 9.17) is 4.98 Å². The highest BCUT2D eigenvalue weighted by Crippen LogP contribution is 2.31. The third-order valence-electron chi connectivity index (χ3n) is 4.61. The second-order valence-corrected chi connectivity index (χ2v) is 7.30. The minimum absolute atomic E-state index is 0.278. The van der Waals surface area contributed by atoms with Gasteiger partial charge in [0.05, 0.1) is 11.9 Å². The van der Waals surface area contributed by atoms with Gasteiger partial charge in [0.25, 0.3) is 0 Å². The quantitative estimate of drug-likeness (QED) is 0.596. The van der Waals surface area contributed by atoms with Gasteiger partial charge in [-0.2, -0.15) is 20.1 Å². The molecule has 5 rings (SSSR count). The number of fused-ring (bicyclic) bond motifs is 2. The zero-order chi connectivity index (χ0) is 17.0. The molecule has 3 aromatic heterocycles. The van der Waals surface area contributed by atoms with Crippen LogP contribution in [0.1, 0.15) is 24.5 Å². The zero-order valence-corrected chi connectivity index (χ0v) is 14.4. The number of hydrogen-bond acceptors (Lipinski definition) is 6. The molecule has 128 valence electrons. The minimum Gasteiger partial charge on any atom is -0.317 e. The van der Waals surface area contributed by atoms with Crippen molar-refractivity contribution in [2.45, 2.75) is 18.8 Å². The Bertz CT molecular complexity index is 1040. The highest BCUT2D eigenvalue weighted by molar-refractivity contribution is 7.19. The van der Waals surface area contributed by atoms with Crippen LogP contribution in [0.15, 0.2) is 18.3 Å². The molecular formula is C16H16FN7S. The van der Waals surface area contributed by atoms with Gasteiger partial charge < -0.3 is 5.32 Å². The number of aromatic nitrogens is 6. The van der Waals surface area contributed by atoms with Crippen molar-refractivity contribution in [1.82, 2.24) is 34.9 Å². The number of benzene rings is 1. The summed E-state index contributed by atoms with van der Waals surface area (Å²) in [7, 11) is 1.68. The summed E-state index contributed by atoms with van der Waals surface area (Å²) < 4.78 is 16.1. The topological polar surface area (TPSA) is 72.9 Å². The van der Waals surface area contributed by atoms with Gasteiger partial charge in [0.2, 0.25) is 4.96 Å². The first-order valence-electron chi connectivity index (χ1n) is 8.25. The molecule has 9 heteroatoms. The van der Waals surface area contributed by atoms with E-state index < -0.39 is 0 Å². The zero-order valence-electron chi connectivity index (χ0n) is 13.6. The number of hydrogen-bond donors (Lipinski definition) is 1. The van der Waals surface area contributed by atoms with Gasteiger partial charge in [-0.25, -0.2) is 13.9 Å². The molecule has 0 radical (unpaired) electrons. The molecule has 1 N–H and O–H groups in total. The van der Waals surface area contributed by atoms with Crippen LogP contribution < -0.4 is 5.32 Å². The predicted octanol–water partition coefficient (Wildman–Crippen LogP) is 2.35. The maximum Gasteiger partial charge on any atom is 0.212 e. The fraction of sp³-hybridized carbons (Fsp3) is 0.375. The Morgan fingerprint density at radius 1 is 1.20 bits per heavy atom. The van der Waals surface area contributed by atoms with Crippen LogP contribution in [0.25, 0.3) is 26.6 Å². The van der Waals surface area contributed by atoms with Crippen LogP contribution in [0.2, 0.25) is 0 Å². The van der Waals surface area contributed by atoms with Crippen LogP contribution >= 0.6 is 11.3 Å². The summed E-state index contributed by atoms with van der Waals surface area (Å²) in [5, 5.41) is 16.9. The molecule has 0 unspecified atom stereocenters. The van der Waals surface area contributed by atoms with Gasteiger partial charge in [-0.1, -0.05) is 11.3 Å². The molecule has 1 saturated heterocycles. The van der Waals surface area contributed by atoms with Gasteiger partial charge in [-0.15, -0.1) is 0 Å². The molecule has 1 aliphatic heterocycles. The van der Waals surface area contributed by atoms with Crippen LogP contribution in [0.4, 0.5) is 4.39 Å². The SMILES string of the molecule is Cn1nc2cc(-c3nn4cc(C5CCNCC5)nc4s3)cc(F)c2n1. The summed E-state index contributed by atoms with van der Waals surface area (Å²) in [6, 6.07) is 3.28. The number of rotatable bonds is 2. The lowest BCUT2D eigenvalue weighted by atomic mass is 9.95. The molecular weight excluding hydrogens is 341 g/mol. The molecule has 4 heterocycles. The van der Waals surface area contributed by atoms with Crippen LogP contribution in [0, 0.1) is 5.82 Å². The van der Waals surface area contributed by atoms with Crippen molar-refractivity contribution in [3.63, 3.8) is 0 Å². The third kappa shape index (κ3) is 2.50. The molecule has 4 aromatic rings. The van der Waals surface area contributed by atoms with Crippen LogP contribution in [0.5, 0.6) is 0 Å². The maximum atomic E-state index is 14.3. The van der Waals surface area contributed by atoms with E-state index in [9.17, 15) is 4.39 Å². The Morgan fingerprint density at radius 3 is 2.84 bits per heavy atom. The Hall–Kier alpha value is -2.39. The molecule has 0 aliphatic carbocycles. The van der Waals surface area contributed by atoms with Crippen LogP contribution in [-0.4, -0.2) is 42.7 Å². The van der Waals surface area contributed by atoms with E-state index in [1.807, 2.05) is 12.3 Å². The van der Waals surface area contributed by atoms with Crippen molar-refractivity contribution in [3.8, 4) is 10.6 Å². The Balaban J connectivity index is 1.53. The van der Waals surface area contributed by atoms with Gasteiger partial charge in [0, 0.05) is 18.5 Å². The average Bonchev–Trinajstić information content (AvgIpc) is 3.27. The Kier molecular flexibility index (Phi) is 3.32. The highest BCUT2D eigenvalue weighted by Gasteiger charge is 2.20. The molecule has 0 spiro atoms. The molecule has 1 aromatic carbocycles. The number of halogens is 1. The van der Waals surface area contributed by atoms with Crippen molar-refractivity contribution >= 4 is 27.3 Å². The summed E-state index contributed by atoms with van der Waals surface area (Å²) in [4.78, 5) is 6.95. The van der Waals surface area contributed by atoms with E-state index in [-0.39, 0.29) is 11.3 Å².